The minimum atomic E-state index is -1.13. The number of carbonyl (C=O) groups excluding carboxylic acids is 1. The number of carboxylic acid groups (broad SMARTS) is 1. The number of carbonyl (C=O) groups is 2. The molecule has 25 heavy (non-hydrogen) atoms. The lowest BCUT2D eigenvalue weighted by Gasteiger charge is -2.21. The third kappa shape index (κ3) is 5.03. The van der Waals surface area contributed by atoms with Crippen LogP contribution in [0.25, 0.3) is 0 Å². The van der Waals surface area contributed by atoms with E-state index in [1.165, 1.54) is 24.3 Å². The summed E-state index contributed by atoms with van der Waals surface area (Å²) in [5.41, 5.74) is 0.438. The van der Waals surface area contributed by atoms with Gasteiger partial charge >= 0.3 is 12.1 Å². The predicted molar refractivity (Wildman–Crippen MR) is 89.3 cm³/mol. The van der Waals surface area contributed by atoms with Gasteiger partial charge in [-0.3, -0.25) is 19.8 Å². The minimum Gasteiger partial charge on any atom is -0.481 e. The number of hydrogen-bond acceptors (Lipinski definition) is 5. The Labute approximate surface area is 143 Å². The topological polar surface area (TPSA) is 110 Å². The van der Waals surface area contributed by atoms with Gasteiger partial charge in [-0.25, -0.2) is 4.79 Å². The van der Waals surface area contributed by atoms with Gasteiger partial charge in [-0.1, -0.05) is 42.5 Å². The van der Waals surface area contributed by atoms with Crippen molar-refractivity contribution in [1.29, 1.82) is 0 Å². The molecule has 0 atom stereocenters. The zero-order valence-corrected chi connectivity index (χ0v) is 13.2. The van der Waals surface area contributed by atoms with Gasteiger partial charge < -0.3 is 9.84 Å². The van der Waals surface area contributed by atoms with Gasteiger partial charge in [-0.15, -0.1) is 0 Å². The number of para-hydroxylation sites is 2. The molecule has 130 valence electrons. The van der Waals surface area contributed by atoms with E-state index >= 15 is 0 Å². The predicted octanol–water partition coefficient (Wildman–Crippen LogP) is 3.21. The van der Waals surface area contributed by atoms with Crippen LogP contribution in [0.4, 0.5) is 16.2 Å². The fourth-order valence-corrected chi connectivity index (χ4v) is 2.16. The maximum Gasteiger partial charge on any atom is 0.414 e. The van der Waals surface area contributed by atoms with Gasteiger partial charge in [0.25, 0.3) is 5.69 Å². The zero-order chi connectivity index (χ0) is 18.2. The van der Waals surface area contributed by atoms with E-state index in [0.717, 1.165) is 10.5 Å². The molecule has 1 N–H and O–H groups in total. The third-order valence-electron chi connectivity index (χ3n) is 3.34. The lowest BCUT2D eigenvalue weighted by atomic mass is 10.2. The number of amides is 1. The summed E-state index contributed by atoms with van der Waals surface area (Å²) < 4.78 is 5.18. The van der Waals surface area contributed by atoms with Crippen LogP contribution in [0.1, 0.15) is 12.0 Å². The van der Waals surface area contributed by atoms with Crippen molar-refractivity contribution in [2.75, 3.05) is 11.4 Å². The summed E-state index contributed by atoms with van der Waals surface area (Å²) in [5.74, 6) is -1.13. The van der Waals surface area contributed by atoms with Crippen LogP contribution in [0.3, 0.4) is 0 Å². The van der Waals surface area contributed by atoms with Crippen molar-refractivity contribution >= 4 is 23.4 Å². The Hall–Kier alpha value is -3.42. The molecule has 2 rings (SSSR count). The number of nitro groups is 1. The van der Waals surface area contributed by atoms with Crippen LogP contribution < -0.4 is 4.90 Å². The number of ether oxygens (including phenoxy) is 1. The highest BCUT2D eigenvalue weighted by atomic mass is 16.6. The number of hydrogen-bond donors (Lipinski definition) is 1. The molecule has 0 bridgehead atoms. The van der Waals surface area contributed by atoms with Gasteiger partial charge in [0, 0.05) is 12.6 Å². The van der Waals surface area contributed by atoms with E-state index in [4.69, 9.17) is 9.84 Å². The van der Waals surface area contributed by atoms with Crippen LogP contribution in [0, 0.1) is 10.1 Å². The number of rotatable bonds is 7. The first-order chi connectivity index (χ1) is 12.0. The maximum absolute atomic E-state index is 12.4. The van der Waals surface area contributed by atoms with Crippen molar-refractivity contribution in [1.82, 2.24) is 0 Å². The second kappa shape index (κ2) is 8.44. The molecule has 0 aliphatic carbocycles. The molecule has 2 aromatic rings. The highest BCUT2D eigenvalue weighted by molar-refractivity contribution is 5.91. The van der Waals surface area contributed by atoms with Crippen LogP contribution in [-0.2, 0) is 16.1 Å². The minimum absolute atomic E-state index is 0.00758. The molecule has 1 amide bonds. The first-order valence-electron chi connectivity index (χ1n) is 7.42. The summed E-state index contributed by atoms with van der Waals surface area (Å²) in [7, 11) is 0. The molecule has 0 unspecified atom stereocenters. The molecular weight excluding hydrogens is 328 g/mol. The number of aliphatic carboxylic acids is 1. The fourth-order valence-electron chi connectivity index (χ4n) is 2.16. The molecule has 0 saturated heterocycles. The van der Waals surface area contributed by atoms with Gasteiger partial charge in [0.1, 0.15) is 12.3 Å². The number of benzene rings is 2. The van der Waals surface area contributed by atoms with Crippen LogP contribution in [0.5, 0.6) is 0 Å². The Kier molecular flexibility index (Phi) is 6.05. The largest absolute Gasteiger partial charge is 0.481 e. The standard InChI is InChI=1S/C17H16N2O6/c20-16(21)10-11-18(14-8-4-5-9-15(14)19(23)24)17(22)25-12-13-6-2-1-3-7-13/h1-9H,10-12H2,(H,20,21). The van der Waals surface area contributed by atoms with E-state index in [0.29, 0.717) is 0 Å². The van der Waals surface area contributed by atoms with E-state index in [2.05, 4.69) is 0 Å². The molecule has 0 aliphatic rings. The van der Waals surface area contributed by atoms with Gasteiger partial charge in [0.2, 0.25) is 0 Å². The van der Waals surface area contributed by atoms with Crippen LogP contribution >= 0.6 is 0 Å². The molecule has 0 fully saturated rings. The lowest BCUT2D eigenvalue weighted by molar-refractivity contribution is -0.384. The van der Waals surface area contributed by atoms with Crippen molar-refractivity contribution in [2.45, 2.75) is 13.0 Å². The van der Waals surface area contributed by atoms with Gasteiger partial charge in [-0.2, -0.15) is 0 Å². The third-order valence-corrected chi connectivity index (χ3v) is 3.34. The summed E-state index contributed by atoms with van der Waals surface area (Å²) in [4.78, 5) is 34.7. The Bertz CT molecular complexity index is 763. The normalized spacial score (nSPS) is 10.1. The SMILES string of the molecule is O=C(O)CCN(C(=O)OCc1ccccc1)c1ccccc1[N+](=O)[O-]. The monoisotopic (exact) mass is 344 g/mol. The molecule has 8 heteroatoms. The molecule has 0 spiro atoms. The van der Waals surface area contributed by atoms with Crippen molar-refractivity contribution < 1.29 is 24.4 Å². The Morgan fingerprint density at radius 1 is 1.08 bits per heavy atom. The van der Waals surface area contributed by atoms with E-state index < -0.39 is 17.0 Å². The van der Waals surface area contributed by atoms with E-state index in [9.17, 15) is 19.7 Å². The molecule has 0 aromatic heterocycles. The van der Waals surface area contributed by atoms with Gasteiger partial charge in [0.15, 0.2) is 0 Å². The van der Waals surface area contributed by atoms with E-state index in [-0.39, 0.29) is 30.9 Å². The second-order valence-corrected chi connectivity index (χ2v) is 5.08. The van der Waals surface area contributed by atoms with Crippen molar-refractivity contribution in [2.24, 2.45) is 0 Å². The first-order valence-corrected chi connectivity index (χ1v) is 7.42. The van der Waals surface area contributed by atoms with Crippen molar-refractivity contribution in [3.05, 3.63) is 70.3 Å². The average molecular weight is 344 g/mol. The molecule has 2 aromatic carbocycles. The van der Waals surface area contributed by atoms with Gasteiger partial charge in [0.05, 0.1) is 11.3 Å². The summed E-state index contributed by atoms with van der Waals surface area (Å²) in [5, 5.41) is 20.0. The summed E-state index contributed by atoms with van der Waals surface area (Å²) in [6.45, 7) is -0.266. The number of nitrogens with zero attached hydrogens (tertiary/aromatic N) is 2. The first kappa shape index (κ1) is 17.9. The Morgan fingerprint density at radius 3 is 2.36 bits per heavy atom. The maximum atomic E-state index is 12.4. The lowest BCUT2D eigenvalue weighted by Crippen LogP contribution is -2.34. The van der Waals surface area contributed by atoms with E-state index in [1.54, 1.807) is 24.3 Å². The van der Waals surface area contributed by atoms with Gasteiger partial charge in [-0.05, 0) is 11.6 Å². The van der Waals surface area contributed by atoms with Crippen LogP contribution in [0.15, 0.2) is 54.6 Å². The van der Waals surface area contributed by atoms with Crippen molar-refractivity contribution in [3.63, 3.8) is 0 Å². The molecular formula is C17H16N2O6. The molecule has 0 aliphatic heterocycles. The van der Waals surface area contributed by atoms with E-state index in [1.807, 2.05) is 6.07 Å². The summed E-state index contributed by atoms with van der Waals surface area (Å²) in [6, 6.07) is 14.5. The highest BCUT2D eigenvalue weighted by Crippen LogP contribution is 2.28. The summed E-state index contributed by atoms with van der Waals surface area (Å²) >= 11 is 0. The second-order valence-electron chi connectivity index (χ2n) is 5.08. The number of nitro benzene ring substituents is 1. The van der Waals surface area contributed by atoms with Crippen LogP contribution in [0.2, 0.25) is 0 Å². The average Bonchev–Trinajstić information content (AvgIpc) is 2.61. The molecule has 0 heterocycles. The molecule has 0 radical (unpaired) electrons. The summed E-state index contributed by atoms with van der Waals surface area (Å²) in [6.07, 6.45) is -1.22. The molecule has 0 saturated carbocycles. The Balaban J connectivity index is 2.21. The van der Waals surface area contributed by atoms with Crippen LogP contribution in [-0.4, -0.2) is 28.6 Å². The Morgan fingerprint density at radius 2 is 1.72 bits per heavy atom. The smallest absolute Gasteiger partial charge is 0.414 e. The zero-order valence-electron chi connectivity index (χ0n) is 13.2. The quantitative estimate of drug-likeness (QED) is 0.610. The number of carboxylic acids is 1. The van der Waals surface area contributed by atoms with Crippen molar-refractivity contribution in [3.8, 4) is 0 Å². The number of anilines is 1. The molecule has 8 nitrogen and oxygen atoms in total. The fraction of sp³-hybridized carbons (Fsp3) is 0.176. The highest BCUT2D eigenvalue weighted by Gasteiger charge is 2.25.